The van der Waals surface area contributed by atoms with Gasteiger partial charge in [0.05, 0.1) is 0 Å². The summed E-state index contributed by atoms with van der Waals surface area (Å²) in [7, 11) is 0. The minimum Gasteiger partial charge on any atom is -0.392 e. The van der Waals surface area contributed by atoms with E-state index in [1.54, 1.807) is 27.0 Å². The number of Topliss-reactive ketones (excluding diaryl/α,β-unsaturated/α-hetero) is 1. The third-order valence-corrected chi connectivity index (χ3v) is 4.20. The molecule has 1 aliphatic carbocycles. The number of hydrogen-bond acceptors (Lipinski definition) is 4. The number of aliphatic hydroxyl groups is 1. The quantitative estimate of drug-likeness (QED) is 0.439. The van der Waals surface area contributed by atoms with Crippen molar-refractivity contribution in [1.82, 2.24) is 10.3 Å². The van der Waals surface area contributed by atoms with E-state index < -0.39 is 5.60 Å². The fourth-order valence-corrected chi connectivity index (χ4v) is 2.46. The number of ketones is 1. The summed E-state index contributed by atoms with van der Waals surface area (Å²) < 4.78 is 0. The zero-order valence-electron chi connectivity index (χ0n) is 15.6. The van der Waals surface area contributed by atoms with Crippen molar-refractivity contribution in [2.75, 3.05) is 6.54 Å². The van der Waals surface area contributed by atoms with Gasteiger partial charge in [-0.05, 0) is 40.0 Å². The van der Waals surface area contributed by atoms with E-state index in [2.05, 4.69) is 30.2 Å². The average molecular weight is 324 g/mol. The molecule has 1 unspecified atom stereocenters. The molecule has 4 nitrogen and oxygen atoms in total. The zero-order chi connectivity index (χ0) is 17.5. The number of fused-ring (bicyclic) bond motifs is 1. The molecule has 0 saturated carbocycles. The van der Waals surface area contributed by atoms with Crippen LogP contribution in [0.5, 0.6) is 0 Å². The van der Waals surface area contributed by atoms with Gasteiger partial charge in [0.25, 0.3) is 0 Å². The van der Waals surface area contributed by atoms with Crippen LogP contribution in [-0.2, 0) is 17.6 Å². The second kappa shape index (κ2) is 11.0. The van der Waals surface area contributed by atoms with Crippen molar-refractivity contribution in [3.8, 4) is 0 Å². The first-order valence-electron chi connectivity index (χ1n) is 8.18. The van der Waals surface area contributed by atoms with Gasteiger partial charge in [-0.2, -0.15) is 12.1 Å². The van der Waals surface area contributed by atoms with Crippen LogP contribution in [0.25, 0.3) is 0 Å². The maximum Gasteiger partial charge on any atom is 1.00 e. The van der Waals surface area contributed by atoms with Crippen molar-refractivity contribution >= 4 is 5.78 Å². The van der Waals surface area contributed by atoms with Gasteiger partial charge >= 0.3 is 18.9 Å². The van der Waals surface area contributed by atoms with Crippen LogP contribution in [0.4, 0.5) is 0 Å². The predicted molar refractivity (Wildman–Crippen MR) is 92.7 cm³/mol. The second-order valence-corrected chi connectivity index (χ2v) is 6.56. The molecule has 24 heavy (non-hydrogen) atoms. The normalized spacial score (nSPS) is 18.2. The van der Waals surface area contributed by atoms with Gasteiger partial charge in [-0.1, -0.05) is 24.4 Å². The molecule has 0 radical (unpaired) electrons. The van der Waals surface area contributed by atoms with Crippen LogP contribution in [0.15, 0.2) is 12.3 Å². The Morgan fingerprint density at radius 2 is 2.12 bits per heavy atom. The smallest absolute Gasteiger partial charge is 0.392 e. The van der Waals surface area contributed by atoms with Gasteiger partial charge in [-0.25, -0.2) is 0 Å². The molecule has 0 aliphatic heterocycles. The molecule has 2 N–H and O–H groups in total. The van der Waals surface area contributed by atoms with Gasteiger partial charge in [0.2, 0.25) is 0 Å². The Balaban J connectivity index is 0.000000468. The van der Waals surface area contributed by atoms with Gasteiger partial charge in [0.1, 0.15) is 5.78 Å². The number of aryl methyl sites for hydroxylation is 2. The monoisotopic (exact) mass is 324 g/mol. The first kappa shape index (κ1) is 23.3. The molecule has 2 rings (SSSR count). The van der Waals surface area contributed by atoms with Crippen LogP contribution in [-0.4, -0.2) is 34.1 Å². The molecule has 0 amide bonds. The fraction of sp³-hybridized carbons (Fsp3) is 0.579. The Hall–Kier alpha value is -0.663. The molecule has 0 bridgehead atoms. The molecule has 130 valence electrons. The Kier molecular flexibility index (Phi) is 10.7. The van der Waals surface area contributed by atoms with Crippen molar-refractivity contribution in [2.24, 2.45) is 5.92 Å². The molecule has 1 aromatic rings. The Morgan fingerprint density at radius 3 is 2.62 bits per heavy atom. The second-order valence-electron chi connectivity index (χ2n) is 6.56. The summed E-state index contributed by atoms with van der Waals surface area (Å²) in [5.41, 5.74) is 1.59. The molecule has 2 atom stereocenters. The van der Waals surface area contributed by atoms with E-state index in [-0.39, 0.29) is 30.8 Å². The van der Waals surface area contributed by atoms with Gasteiger partial charge < -0.3 is 29.3 Å². The van der Waals surface area contributed by atoms with E-state index in [9.17, 15) is 9.90 Å². The van der Waals surface area contributed by atoms with E-state index >= 15 is 0 Å². The number of carbonyl (C=O) groups excluding carboxylic acids is 1. The summed E-state index contributed by atoms with van der Waals surface area (Å²) in [6.45, 7) is 13.0. The maximum atomic E-state index is 11.3. The minimum absolute atomic E-state index is 0. The molecule has 1 aromatic heterocycles. The van der Waals surface area contributed by atoms with Crippen LogP contribution in [0, 0.1) is 25.8 Å². The summed E-state index contributed by atoms with van der Waals surface area (Å²) in [5.74, 6) is 0.551. The maximum absolute atomic E-state index is 11.3. The first-order chi connectivity index (χ1) is 10.8. The van der Waals surface area contributed by atoms with Gasteiger partial charge in [-0.3, -0.25) is 4.79 Å². The summed E-state index contributed by atoms with van der Waals surface area (Å²) in [4.78, 5) is 15.6. The summed E-state index contributed by atoms with van der Waals surface area (Å²) >= 11 is 0. The molecule has 1 heterocycles. The Bertz CT molecular complexity index is 473. The predicted octanol–water partition coefficient (Wildman–Crippen LogP) is -0.647. The van der Waals surface area contributed by atoms with Crippen molar-refractivity contribution in [3.05, 3.63) is 43.4 Å². The number of hydrogen-bond donors (Lipinski definition) is 2. The molecular formula is C19H29LiN2O2-2. The summed E-state index contributed by atoms with van der Waals surface area (Å²) in [5, 5.41) is 12.2. The fourth-order valence-electron chi connectivity index (χ4n) is 2.46. The summed E-state index contributed by atoms with van der Waals surface area (Å²) in [6.07, 6.45) is 5.58. The van der Waals surface area contributed by atoms with Crippen molar-refractivity contribution < 1.29 is 28.8 Å². The van der Waals surface area contributed by atoms with E-state index in [1.807, 2.05) is 6.07 Å². The Labute approximate surface area is 159 Å². The molecule has 0 spiro atoms. The molecule has 1 aliphatic rings. The number of rotatable bonds is 4. The largest absolute Gasteiger partial charge is 1.00 e. The SMILES string of the molecule is CC(=O)C1CCc2[c-]ccnc2CC1.[CH2-]CN[C@H]([CH2-])C(C)(C)O.[Li+]. The number of pyridine rings is 1. The third kappa shape index (κ3) is 7.94. The Morgan fingerprint density at radius 1 is 1.50 bits per heavy atom. The minimum atomic E-state index is -0.752. The van der Waals surface area contributed by atoms with Gasteiger partial charge in [-0.15, -0.1) is 12.1 Å². The molecular weight excluding hydrogens is 295 g/mol. The number of nitrogens with zero attached hydrogens (tertiary/aromatic N) is 1. The van der Waals surface area contributed by atoms with Crippen molar-refractivity contribution in [3.63, 3.8) is 0 Å². The number of nitrogens with one attached hydrogen (secondary N) is 1. The van der Waals surface area contributed by atoms with E-state index in [0.717, 1.165) is 31.4 Å². The standard InChI is InChI=1S/C12H14NO.C7H15NO.Li/c1-9(14)10-4-5-11-3-2-8-13-12(11)7-6-10;1-5-8-6(2)7(3,4)9;/h2,8,10H,4-7H2,1H3;6,8-9H,1-2,5H2,3-4H3;/q-1;-2;+1/t;6-;/m.1./s1. The molecule has 5 heteroatoms. The summed E-state index contributed by atoms with van der Waals surface area (Å²) in [6, 6.07) is 4.93. The van der Waals surface area contributed by atoms with Crippen molar-refractivity contribution in [1.29, 1.82) is 0 Å². The first-order valence-corrected chi connectivity index (χ1v) is 8.18. The number of aromatic nitrogens is 1. The molecule has 0 saturated heterocycles. The van der Waals surface area contributed by atoms with Crippen LogP contribution in [0.3, 0.4) is 0 Å². The van der Waals surface area contributed by atoms with Gasteiger partial charge in [0, 0.05) is 11.5 Å². The van der Waals surface area contributed by atoms with E-state index in [0.29, 0.717) is 12.3 Å². The topological polar surface area (TPSA) is 62.2 Å². The van der Waals surface area contributed by atoms with Crippen LogP contribution < -0.4 is 24.2 Å². The van der Waals surface area contributed by atoms with Crippen LogP contribution in [0.2, 0.25) is 0 Å². The third-order valence-electron chi connectivity index (χ3n) is 4.20. The zero-order valence-corrected chi connectivity index (χ0v) is 15.6. The molecule has 0 fully saturated rings. The average Bonchev–Trinajstić information content (AvgIpc) is 2.70. The van der Waals surface area contributed by atoms with Gasteiger partial charge in [0.15, 0.2) is 0 Å². The van der Waals surface area contributed by atoms with Crippen LogP contribution >= 0.6 is 0 Å². The number of carbonyl (C=O) groups is 1. The van der Waals surface area contributed by atoms with E-state index in [4.69, 9.17) is 0 Å². The van der Waals surface area contributed by atoms with Crippen molar-refractivity contribution in [2.45, 2.75) is 58.1 Å². The van der Waals surface area contributed by atoms with Crippen LogP contribution in [0.1, 0.15) is 44.9 Å². The molecule has 0 aromatic carbocycles. The van der Waals surface area contributed by atoms with E-state index in [1.165, 1.54) is 5.56 Å².